The Hall–Kier alpha value is -2.92. The first kappa shape index (κ1) is 17.5. The summed E-state index contributed by atoms with van der Waals surface area (Å²) in [4.78, 5) is 8.37. The zero-order valence-electron chi connectivity index (χ0n) is 14.7. The smallest absolute Gasteiger partial charge is 0.232 e. The molecule has 1 saturated carbocycles. The number of anilines is 1. The molecule has 2 N–H and O–H groups in total. The van der Waals surface area contributed by atoms with Crippen molar-refractivity contribution in [3.8, 4) is 6.07 Å². The van der Waals surface area contributed by atoms with Gasteiger partial charge in [0.25, 0.3) is 0 Å². The number of nitrogen functional groups attached to an aromatic ring is 1. The van der Waals surface area contributed by atoms with Crippen LogP contribution in [0.4, 0.5) is 5.82 Å². The molecular weight excluding hydrogens is 362 g/mol. The van der Waals surface area contributed by atoms with Crippen molar-refractivity contribution in [1.82, 2.24) is 14.5 Å². The van der Waals surface area contributed by atoms with Gasteiger partial charge in [0, 0.05) is 6.04 Å². The van der Waals surface area contributed by atoms with Crippen molar-refractivity contribution in [1.29, 1.82) is 5.26 Å². The van der Waals surface area contributed by atoms with Crippen molar-refractivity contribution in [3.63, 3.8) is 0 Å². The lowest BCUT2D eigenvalue weighted by Crippen LogP contribution is -2.15. The number of nitriles is 1. The number of rotatable bonds is 3. The van der Waals surface area contributed by atoms with Crippen molar-refractivity contribution < 1.29 is 8.42 Å². The molecule has 4 rings (SSSR count). The molecule has 138 valence electrons. The molecule has 0 spiro atoms. The summed E-state index contributed by atoms with van der Waals surface area (Å²) in [5.74, 6) is 0.0953. The second kappa shape index (κ2) is 6.67. The number of nitrogens with zero attached hydrogens (tertiary/aromatic N) is 4. The van der Waals surface area contributed by atoms with E-state index in [0.29, 0.717) is 5.52 Å². The van der Waals surface area contributed by atoms with Crippen molar-refractivity contribution >= 4 is 26.7 Å². The lowest BCUT2D eigenvalue weighted by Gasteiger charge is -2.25. The van der Waals surface area contributed by atoms with Gasteiger partial charge in [0.2, 0.25) is 15.7 Å². The average molecular weight is 381 g/mol. The summed E-state index contributed by atoms with van der Waals surface area (Å²) in [6, 6.07) is 10.1. The monoisotopic (exact) mass is 381 g/mol. The first-order valence-electron chi connectivity index (χ1n) is 8.90. The highest BCUT2D eigenvalue weighted by atomic mass is 32.2. The van der Waals surface area contributed by atoms with Gasteiger partial charge in [-0.05, 0) is 25.0 Å². The summed E-state index contributed by atoms with van der Waals surface area (Å²) in [5.41, 5.74) is 7.17. The van der Waals surface area contributed by atoms with Crippen LogP contribution in [0, 0.1) is 11.3 Å². The maximum atomic E-state index is 13.3. The second-order valence-corrected chi connectivity index (χ2v) is 8.62. The van der Waals surface area contributed by atoms with Crippen molar-refractivity contribution in [2.45, 2.75) is 47.9 Å². The summed E-state index contributed by atoms with van der Waals surface area (Å²) in [5, 5.41) is 9.17. The molecule has 8 heteroatoms. The van der Waals surface area contributed by atoms with E-state index in [2.05, 4.69) is 9.97 Å². The number of hydrogen-bond acceptors (Lipinski definition) is 6. The molecule has 3 aromatic rings. The van der Waals surface area contributed by atoms with Crippen molar-refractivity contribution in [2.24, 2.45) is 0 Å². The molecule has 1 aliphatic rings. The predicted octanol–water partition coefficient (Wildman–Crippen LogP) is 3.22. The van der Waals surface area contributed by atoms with Gasteiger partial charge in [0.15, 0.2) is 0 Å². The third-order valence-corrected chi connectivity index (χ3v) is 6.93. The fraction of sp³-hybridized carbons (Fsp3) is 0.316. The van der Waals surface area contributed by atoms with Crippen LogP contribution in [-0.4, -0.2) is 23.0 Å². The molecule has 0 unspecified atom stereocenters. The number of benzene rings is 1. The van der Waals surface area contributed by atoms with Crippen LogP contribution in [0.3, 0.4) is 0 Å². The molecule has 1 fully saturated rings. The number of sulfone groups is 1. The average Bonchev–Trinajstić information content (AvgIpc) is 3.00. The van der Waals surface area contributed by atoms with Gasteiger partial charge in [-0.3, -0.25) is 0 Å². The number of fused-ring (bicyclic) bond motifs is 1. The Morgan fingerprint density at radius 2 is 1.85 bits per heavy atom. The van der Waals surface area contributed by atoms with Crippen LogP contribution in [0.25, 0.3) is 11.0 Å². The van der Waals surface area contributed by atoms with E-state index in [1.165, 1.54) is 24.8 Å². The Morgan fingerprint density at radius 3 is 2.52 bits per heavy atom. The summed E-state index contributed by atoms with van der Waals surface area (Å²) in [6.07, 6.45) is 6.68. The van der Waals surface area contributed by atoms with E-state index in [4.69, 9.17) is 5.73 Å². The van der Waals surface area contributed by atoms with Crippen LogP contribution in [0.5, 0.6) is 0 Å². The first-order valence-corrected chi connectivity index (χ1v) is 10.4. The minimum atomic E-state index is -3.88. The molecule has 0 radical (unpaired) electrons. The maximum Gasteiger partial charge on any atom is 0.232 e. The highest BCUT2D eigenvalue weighted by Crippen LogP contribution is 2.40. The van der Waals surface area contributed by atoms with Crippen LogP contribution in [-0.2, 0) is 9.84 Å². The maximum absolute atomic E-state index is 13.3. The summed E-state index contributed by atoms with van der Waals surface area (Å²) in [7, 11) is -3.88. The normalized spacial score (nSPS) is 15.7. The van der Waals surface area contributed by atoms with Gasteiger partial charge in [-0.1, -0.05) is 37.5 Å². The van der Waals surface area contributed by atoms with Gasteiger partial charge >= 0.3 is 0 Å². The zero-order valence-corrected chi connectivity index (χ0v) is 15.5. The third-order valence-electron chi connectivity index (χ3n) is 5.10. The van der Waals surface area contributed by atoms with Crippen LogP contribution >= 0.6 is 0 Å². The molecule has 1 aromatic carbocycles. The molecule has 0 aliphatic heterocycles. The third kappa shape index (κ3) is 2.84. The first-order chi connectivity index (χ1) is 13.0. The zero-order chi connectivity index (χ0) is 19.0. The fourth-order valence-corrected chi connectivity index (χ4v) is 5.38. The number of aromatic nitrogens is 3. The summed E-state index contributed by atoms with van der Waals surface area (Å²) >= 11 is 0. The van der Waals surface area contributed by atoms with Gasteiger partial charge in [0.05, 0.1) is 16.6 Å². The highest BCUT2D eigenvalue weighted by Gasteiger charge is 2.32. The molecule has 0 bridgehead atoms. The van der Waals surface area contributed by atoms with Crippen LogP contribution in [0.1, 0.15) is 44.0 Å². The van der Waals surface area contributed by atoms with E-state index in [-0.39, 0.29) is 33.0 Å². The lowest BCUT2D eigenvalue weighted by molar-refractivity contribution is 0.363. The number of hydrogen-bond donors (Lipinski definition) is 1. The molecule has 0 atom stereocenters. The fourth-order valence-electron chi connectivity index (χ4n) is 3.85. The minimum absolute atomic E-state index is 0.0341. The highest BCUT2D eigenvalue weighted by molar-refractivity contribution is 7.92. The van der Waals surface area contributed by atoms with Gasteiger partial charge in [-0.15, -0.1) is 0 Å². The van der Waals surface area contributed by atoms with Crippen LogP contribution in [0.15, 0.2) is 46.3 Å². The van der Waals surface area contributed by atoms with E-state index >= 15 is 0 Å². The topological polar surface area (TPSA) is 115 Å². The van der Waals surface area contributed by atoms with Crippen LogP contribution in [0.2, 0.25) is 0 Å². The van der Waals surface area contributed by atoms with E-state index in [1.807, 2.05) is 10.6 Å². The Balaban J connectivity index is 2.02. The van der Waals surface area contributed by atoms with E-state index in [0.717, 1.165) is 25.7 Å². The summed E-state index contributed by atoms with van der Waals surface area (Å²) < 4.78 is 28.5. The van der Waals surface area contributed by atoms with E-state index in [1.54, 1.807) is 18.2 Å². The predicted molar refractivity (Wildman–Crippen MR) is 101 cm³/mol. The second-order valence-electron chi connectivity index (χ2n) is 6.73. The molecule has 2 aromatic heterocycles. The van der Waals surface area contributed by atoms with Gasteiger partial charge in [-0.25, -0.2) is 18.4 Å². The molecule has 1 aliphatic carbocycles. The van der Waals surface area contributed by atoms with Gasteiger partial charge in [-0.2, -0.15) is 5.26 Å². The van der Waals surface area contributed by atoms with Gasteiger partial charge < -0.3 is 10.3 Å². The molecule has 7 nitrogen and oxygen atoms in total. The largest absolute Gasteiger partial charge is 0.384 e. The molecule has 27 heavy (non-hydrogen) atoms. The SMILES string of the molecule is N#Cc1ncc2c(n1)c(S(=O)(=O)c1ccccc1)c(N)n2C1CCCCC1. The minimum Gasteiger partial charge on any atom is -0.384 e. The van der Waals surface area contributed by atoms with Crippen LogP contribution < -0.4 is 5.73 Å². The standard InChI is InChI=1S/C19H19N5O2S/c20-11-16-22-12-15-17(23-16)18(27(25,26)14-9-5-2-6-10-14)19(21)24(15)13-7-3-1-4-8-13/h2,5-6,9-10,12-13H,1,3-4,7-8,21H2. The Kier molecular flexibility index (Phi) is 4.32. The molecule has 2 heterocycles. The Labute approximate surface area is 157 Å². The Bertz CT molecular complexity index is 1140. The number of nitrogens with two attached hydrogens (primary N) is 1. The van der Waals surface area contributed by atoms with E-state index < -0.39 is 9.84 Å². The van der Waals surface area contributed by atoms with E-state index in [9.17, 15) is 13.7 Å². The molecular formula is C19H19N5O2S. The van der Waals surface area contributed by atoms with Crippen molar-refractivity contribution in [2.75, 3.05) is 5.73 Å². The Morgan fingerprint density at radius 1 is 1.15 bits per heavy atom. The lowest BCUT2D eigenvalue weighted by atomic mass is 9.95. The van der Waals surface area contributed by atoms with Gasteiger partial charge in [0.1, 0.15) is 22.3 Å². The molecule has 0 saturated heterocycles. The molecule has 0 amide bonds. The quantitative estimate of drug-likeness (QED) is 0.745. The van der Waals surface area contributed by atoms with Crippen molar-refractivity contribution in [3.05, 3.63) is 42.4 Å². The summed E-state index contributed by atoms with van der Waals surface area (Å²) in [6.45, 7) is 0.